The summed E-state index contributed by atoms with van der Waals surface area (Å²) in [5, 5.41) is 7.61. The van der Waals surface area contributed by atoms with Gasteiger partial charge in [0.1, 0.15) is 5.76 Å². The van der Waals surface area contributed by atoms with Gasteiger partial charge in [0, 0.05) is 17.1 Å². The molecule has 5 nitrogen and oxygen atoms in total. The Hall–Kier alpha value is -1.85. The number of benzene rings is 1. The number of carbonyl (C=O) groups excluding carboxylic acids is 1. The molecule has 1 aromatic carbocycles. The van der Waals surface area contributed by atoms with Gasteiger partial charge < -0.3 is 9.84 Å². The Balaban J connectivity index is 1.87. The lowest BCUT2D eigenvalue weighted by molar-refractivity contribution is -0.122. The van der Waals surface area contributed by atoms with Crippen molar-refractivity contribution in [2.75, 3.05) is 13.6 Å². The first-order valence-electron chi connectivity index (χ1n) is 7.52. The van der Waals surface area contributed by atoms with E-state index in [0.717, 1.165) is 22.6 Å². The number of nitrogens with one attached hydrogen (secondary N) is 1. The van der Waals surface area contributed by atoms with Crippen LogP contribution in [0.4, 0.5) is 0 Å². The number of amides is 1. The molecule has 124 valence electrons. The summed E-state index contributed by atoms with van der Waals surface area (Å²) in [5.41, 5.74) is 2.92. The molecule has 1 aromatic heterocycles. The van der Waals surface area contributed by atoms with Crippen molar-refractivity contribution in [1.29, 1.82) is 0 Å². The third kappa shape index (κ3) is 4.81. The minimum Gasteiger partial charge on any atom is -0.361 e. The Morgan fingerprint density at radius 1 is 1.35 bits per heavy atom. The van der Waals surface area contributed by atoms with Gasteiger partial charge in [-0.25, -0.2) is 0 Å². The van der Waals surface area contributed by atoms with Gasteiger partial charge in [0.2, 0.25) is 5.91 Å². The predicted molar refractivity (Wildman–Crippen MR) is 90.3 cm³/mol. The number of nitrogens with zero attached hydrogens (tertiary/aromatic N) is 2. The monoisotopic (exact) mass is 335 g/mol. The second-order valence-corrected chi connectivity index (χ2v) is 6.25. The second kappa shape index (κ2) is 7.62. The van der Waals surface area contributed by atoms with Crippen LogP contribution in [0.15, 0.2) is 28.8 Å². The van der Waals surface area contributed by atoms with Crippen molar-refractivity contribution in [2.45, 2.75) is 33.4 Å². The molecule has 2 aromatic rings. The maximum absolute atomic E-state index is 12.2. The van der Waals surface area contributed by atoms with Crippen LogP contribution in [-0.4, -0.2) is 29.6 Å². The number of carbonyl (C=O) groups is 1. The second-order valence-electron chi connectivity index (χ2n) is 5.82. The molecule has 0 spiro atoms. The summed E-state index contributed by atoms with van der Waals surface area (Å²) in [6.45, 7) is 6.68. The summed E-state index contributed by atoms with van der Waals surface area (Å²) in [6, 6.07) is 7.42. The van der Waals surface area contributed by atoms with Crippen LogP contribution in [0.2, 0.25) is 5.02 Å². The first-order chi connectivity index (χ1) is 10.9. The van der Waals surface area contributed by atoms with Crippen LogP contribution in [0.25, 0.3) is 0 Å². The lowest BCUT2D eigenvalue weighted by Crippen LogP contribution is -2.36. The molecule has 0 radical (unpaired) electrons. The van der Waals surface area contributed by atoms with E-state index in [1.165, 1.54) is 0 Å². The minimum atomic E-state index is -0.0627. The van der Waals surface area contributed by atoms with Gasteiger partial charge in [0.25, 0.3) is 0 Å². The fourth-order valence-electron chi connectivity index (χ4n) is 2.42. The Morgan fingerprint density at radius 2 is 2.00 bits per heavy atom. The molecule has 2 rings (SSSR count). The van der Waals surface area contributed by atoms with Crippen LogP contribution in [0.5, 0.6) is 0 Å². The molecule has 0 saturated carbocycles. The van der Waals surface area contributed by atoms with E-state index in [2.05, 4.69) is 10.5 Å². The zero-order valence-electron chi connectivity index (χ0n) is 13.9. The normalized spacial score (nSPS) is 12.4. The zero-order chi connectivity index (χ0) is 17.0. The van der Waals surface area contributed by atoms with Gasteiger partial charge in [-0.05, 0) is 45.5 Å². The van der Waals surface area contributed by atoms with Crippen molar-refractivity contribution in [3.8, 4) is 0 Å². The van der Waals surface area contributed by atoms with Crippen molar-refractivity contribution in [1.82, 2.24) is 15.4 Å². The molecule has 0 saturated heterocycles. The molecule has 1 N–H and O–H groups in total. The summed E-state index contributed by atoms with van der Waals surface area (Å²) in [5.74, 6) is 0.769. The van der Waals surface area contributed by atoms with E-state index >= 15 is 0 Å². The number of aromatic nitrogens is 1. The summed E-state index contributed by atoms with van der Waals surface area (Å²) in [7, 11) is 1.90. The van der Waals surface area contributed by atoms with Crippen LogP contribution in [-0.2, 0) is 11.3 Å². The summed E-state index contributed by atoms with van der Waals surface area (Å²) < 4.78 is 5.15. The largest absolute Gasteiger partial charge is 0.361 e. The zero-order valence-corrected chi connectivity index (χ0v) is 14.6. The highest BCUT2D eigenvalue weighted by Gasteiger charge is 2.15. The van der Waals surface area contributed by atoms with Crippen molar-refractivity contribution in [3.63, 3.8) is 0 Å². The van der Waals surface area contributed by atoms with Gasteiger partial charge in [-0.2, -0.15) is 0 Å². The molecule has 0 bridgehead atoms. The van der Waals surface area contributed by atoms with E-state index in [9.17, 15) is 4.79 Å². The lowest BCUT2D eigenvalue weighted by atomic mass is 10.1. The molecule has 6 heteroatoms. The van der Waals surface area contributed by atoms with Crippen LogP contribution in [0.3, 0.4) is 0 Å². The van der Waals surface area contributed by atoms with Crippen LogP contribution >= 0.6 is 11.6 Å². The van der Waals surface area contributed by atoms with Gasteiger partial charge in [0.15, 0.2) is 0 Å². The molecule has 0 fully saturated rings. The minimum absolute atomic E-state index is 0.0262. The summed E-state index contributed by atoms with van der Waals surface area (Å²) >= 11 is 5.88. The van der Waals surface area contributed by atoms with Crippen molar-refractivity contribution >= 4 is 17.5 Å². The third-order valence-electron chi connectivity index (χ3n) is 3.77. The molecule has 0 aliphatic carbocycles. The van der Waals surface area contributed by atoms with E-state index < -0.39 is 0 Å². The number of hydrogen-bond donors (Lipinski definition) is 1. The van der Waals surface area contributed by atoms with E-state index in [4.69, 9.17) is 16.1 Å². The van der Waals surface area contributed by atoms with E-state index in [-0.39, 0.29) is 11.9 Å². The third-order valence-corrected chi connectivity index (χ3v) is 4.02. The molecular formula is C17H22ClN3O2. The van der Waals surface area contributed by atoms with Gasteiger partial charge >= 0.3 is 0 Å². The Kier molecular flexibility index (Phi) is 5.80. The molecule has 1 heterocycles. The Morgan fingerprint density at radius 3 is 2.57 bits per heavy atom. The quantitative estimate of drug-likeness (QED) is 0.880. The first kappa shape index (κ1) is 17.5. The fourth-order valence-corrected chi connectivity index (χ4v) is 2.55. The number of hydrogen-bond acceptors (Lipinski definition) is 4. The molecule has 0 aliphatic heterocycles. The molecule has 1 unspecified atom stereocenters. The SMILES string of the molecule is Cc1noc(C)c1CN(C)CC(=O)NC(C)c1ccc(Cl)cc1. The standard InChI is InChI=1S/C17H22ClN3O2/c1-11(14-5-7-15(18)8-6-14)19-17(22)10-21(4)9-16-12(2)20-23-13(16)3/h5-8,11H,9-10H2,1-4H3,(H,19,22). The summed E-state index contributed by atoms with van der Waals surface area (Å²) in [6.07, 6.45) is 0. The highest BCUT2D eigenvalue weighted by molar-refractivity contribution is 6.30. The van der Waals surface area contributed by atoms with Gasteiger partial charge in [0.05, 0.1) is 18.3 Å². The summed E-state index contributed by atoms with van der Waals surface area (Å²) in [4.78, 5) is 14.1. The van der Waals surface area contributed by atoms with Crippen LogP contribution < -0.4 is 5.32 Å². The molecule has 1 atom stereocenters. The van der Waals surface area contributed by atoms with Crippen molar-refractivity contribution in [2.24, 2.45) is 0 Å². The number of rotatable bonds is 6. The van der Waals surface area contributed by atoms with Crippen LogP contribution in [0.1, 0.15) is 35.5 Å². The fraction of sp³-hybridized carbons (Fsp3) is 0.412. The molecular weight excluding hydrogens is 314 g/mol. The number of halogens is 1. The number of aryl methyl sites for hydroxylation is 2. The smallest absolute Gasteiger partial charge is 0.234 e. The molecule has 23 heavy (non-hydrogen) atoms. The van der Waals surface area contributed by atoms with E-state index in [0.29, 0.717) is 18.1 Å². The van der Waals surface area contributed by atoms with Crippen molar-refractivity contribution in [3.05, 3.63) is 51.9 Å². The average molecular weight is 336 g/mol. The predicted octanol–water partition coefficient (Wildman–Crippen LogP) is 3.25. The van der Waals surface area contributed by atoms with E-state index in [1.807, 2.05) is 57.0 Å². The topological polar surface area (TPSA) is 58.4 Å². The maximum atomic E-state index is 12.2. The maximum Gasteiger partial charge on any atom is 0.234 e. The van der Waals surface area contributed by atoms with E-state index in [1.54, 1.807) is 0 Å². The first-order valence-corrected chi connectivity index (χ1v) is 7.89. The highest BCUT2D eigenvalue weighted by Crippen LogP contribution is 2.16. The lowest BCUT2D eigenvalue weighted by Gasteiger charge is -2.19. The number of likely N-dealkylation sites (N-methyl/N-ethyl adjacent to an activating group) is 1. The highest BCUT2D eigenvalue weighted by atomic mass is 35.5. The van der Waals surface area contributed by atoms with Crippen molar-refractivity contribution < 1.29 is 9.32 Å². The Labute approximate surface area is 141 Å². The van der Waals surface area contributed by atoms with Gasteiger partial charge in [-0.15, -0.1) is 0 Å². The Bertz CT molecular complexity index is 647. The van der Waals surface area contributed by atoms with Gasteiger partial charge in [-0.3, -0.25) is 9.69 Å². The average Bonchev–Trinajstić information content (AvgIpc) is 2.79. The molecule has 1 amide bonds. The van der Waals surface area contributed by atoms with Gasteiger partial charge in [-0.1, -0.05) is 28.9 Å². The molecule has 0 aliphatic rings. The van der Waals surface area contributed by atoms with Crippen LogP contribution in [0, 0.1) is 13.8 Å².